The van der Waals surface area contributed by atoms with E-state index >= 15 is 0 Å². The van der Waals surface area contributed by atoms with Crippen LogP contribution in [-0.2, 0) is 17.4 Å². The average Bonchev–Trinajstić information content (AvgIpc) is 3.43. The SMILES string of the molecule is CC[C@H](C(=O)N[C@@H](Cc1cc(F)cc(F)c1)c1ncccc1-c1ccc(F)c(C(=O)NC)c1)n1cc(C(F)(F)F)cn1. The number of carbonyl (C=O) groups excluding carboxylic acids is 2. The fraction of sp³-hybridized carbons (Fsp3) is 0.241. The van der Waals surface area contributed by atoms with E-state index in [1.54, 1.807) is 19.1 Å². The lowest BCUT2D eigenvalue weighted by molar-refractivity contribution is -0.138. The third-order valence-electron chi connectivity index (χ3n) is 6.53. The van der Waals surface area contributed by atoms with Gasteiger partial charge in [0.2, 0.25) is 5.91 Å². The maximum absolute atomic E-state index is 14.4. The molecule has 0 aliphatic carbocycles. The Kier molecular flexibility index (Phi) is 8.98. The minimum absolute atomic E-state index is 0.0641. The average molecular weight is 590 g/mol. The van der Waals surface area contributed by atoms with Gasteiger partial charge in [-0.2, -0.15) is 18.3 Å². The maximum atomic E-state index is 14.4. The second-order valence-electron chi connectivity index (χ2n) is 9.38. The minimum atomic E-state index is -4.66. The standard InChI is InChI=1S/C29H25F6N5O2/c1-3-25(40-15-18(14-38-40)29(33,34)35)28(42)39-24(11-16-9-19(30)13-20(31)10-16)26-21(5-4-8-37-26)17-6-7-23(32)22(12-17)27(41)36-2/h4-10,12-15,24-25H,3,11H2,1-2H3,(H,36,41)(H,39,42)/t24-,25+/m0/s1. The molecule has 0 bridgehead atoms. The Morgan fingerprint density at radius 3 is 2.36 bits per heavy atom. The van der Waals surface area contributed by atoms with E-state index < -0.39 is 53.1 Å². The van der Waals surface area contributed by atoms with Crippen molar-refractivity contribution in [2.75, 3.05) is 7.05 Å². The number of aromatic nitrogens is 3. The molecule has 2 heterocycles. The Hall–Kier alpha value is -4.68. The van der Waals surface area contributed by atoms with Gasteiger partial charge in [-0.3, -0.25) is 19.3 Å². The second-order valence-corrected chi connectivity index (χ2v) is 9.38. The highest BCUT2D eigenvalue weighted by atomic mass is 19.4. The highest BCUT2D eigenvalue weighted by Crippen LogP contribution is 2.32. The molecule has 42 heavy (non-hydrogen) atoms. The van der Waals surface area contributed by atoms with E-state index in [1.165, 1.54) is 25.4 Å². The van der Waals surface area contributed by atoms with Crippen LogP contribution in [0.25, 0.3) is 11.1 Å². The molecule has 4 rings (SSSR count). The van der Waals surface area contributed by atoms with Crippen molar-refractivity contribution in [2.45, 2.75) is 38.0 Å². The number of nitrogens with one attached hydrogen (secondary N) is 2. The van der Waals surface area contributed by atoms with Gasteiger partial charge in [0, 0.05) is 31.1 Å². The molecular formula is C29H25F6N5O2. The number of amides is 2. The molecule has 2 amide bonds. The lowest BCUT2D eigenvalue weighted by atomic mass is 9.94. The zero-order valence-corrected chi connectivity index (χ0v) is 22.3. The number of alkyl halides is 3. The third-order valence-corrected chi connectivity index (χ3v) is 6.53. The molecule has 0 unspecified atom stereocenters. The van der Waals surface area contributed by atoms with Crippen molar-refractivity contribution in [3.63, 3.8) is 0 Å². The van der Waals surface area contributed by atoms with Crippen molar-refractivity contribution in [1.29, 1.82) is 0 Å². The Morgan fingerprint density at radius 1 is 1.02 bits per heavy atom. The van der Waals surface area contributed by atoms with Gasteiger partial charge in [0.25, 0.3) is 5.91 Å². The quantitative estimate of drug-likeness (QED) is 0.242. The summed E-state index contributed by atoms with van der Waals surface area (Å²) in [6.45, 7) is 1.58. The van der Waals surface area contributed by atoms with Gasteiger partial charge in [-0.25, -0.2) is 13.2 Å². The Morgan fingerprint density at radius 2 is 1.74 bits per heavy atom. The second kappa shape index (κ2) is 12.5. The number of hydrogen-bond donors (Lipinski definition) is 2. The first-order valence-electron chi connectivity index (χ1n) is 12.7. The molecule has 0 saturated carbocycles. The first-order valence-corrected chi connectivity index (χ1v) is 12.7. The van der Waals surface area contributed by atoms with Crippen molar-refractivity contribution in [2.24, 2.45) is 0 Å². The van der Waals surface area contributed by atoms with Crippen LogP contribution in [0.15, 0.2) is 67.1 Å². The summed E-state index contributed by atoms with van der Waals surface area (Å²) >= 11 is 0. The summed E-state index contributed by atoms with van der Waals surface area (Å²) in [5.74, 6) is -3.88. The van der Waals surface area contributed by atoms with E-state index in [9.17, 15) is 35.9 Å². The summed E-state index contributed by atoms with van der Waals surface area (Å²) in [7, 11) is 1.34. The number of nitrogens with zero attached hydrogens (tertiary/aromatic N) is 3. The molecule has 220 valence electrons. The van der Waals surface area contributed by atoms with Crippen LogP contribution in [0.3, 0.4) is 0 Å². The molecule has 0 aliphatic rings. The van der Waals surface area contributed by atoms with Crippen LogP contribution in [0, 0.1) is 17.5 Å². The van der Waals surface area contributed by atoms with Gasteiger partial charge in [-0.15, -0.1) is 0 Å². The van der Waals surface area contributed by atoms with Gasteiger partial charge >= 0.3 is 6.18 Å². The molecule has 0 spiro atoms. The van der Waals surface area contributed by atoms with E-state index in [0.717, 1.165) is 29.1 Å². The largest absolute Gasteiger partial charge is 0.419 e. The van der Waals surface area contributed by atoms with Crippen LogP contribution in [0.5, 0.6) is 0 Å². The summed E-state index contributed by atoms with van der Waals surface area (Å²) in [6.07, 6.45) is -2.03. The molecular weight excluding hydrogens is 564 g/mol. The number of carbonyl (C=O) groups is 2. The van der Waals surface area contributed by atoms with E-state index in [4.69, 9.17) is 0 Å². The van der Waals surface area contributed by atoms with Gasteiger partial charge in [-0.1, -0.05) is 19.1 Å². The van der Waals surface area contributed by atoms with Gasteiger partial charge in [0.1, 0.15) is 23.5 Å². The van der Waals surface area contributed by atoms with Crippen LogP contribution in [-0.4, -0.2) is 33.6 Å². The van der Waals surface area contributed by atoms with Gasteiger partial charge in [0.15, 0.2) is 0 Å². The monoisotopic (exact) mass is 589 g/mol. The van der Waals surface area contributed by atoms with Crippen molar-refractivity contribution < 1.29 is 35.9 Å². The van der Waals surface area contributed by atoms with Crippen LogP contribution >= 0.6 is 0 Å². The number of rotatable bonds is 9. The molecule has 2 aromatic carbocycles. The highest BCUT2D eigenvalue weighted by Gasteiger charge is 2.34. The van der Waals surface area contributed by atoms with Gasteiger partial charge in [-0.05, 0) is 54.3 Å². The Labute approximate surface area is 236 Å². The number of pyridine rings is 1. The summed E-state index contributed by atoms with van der Waals surface area (Å²) in [5.41, 5.74) is -0.186. The predicted octanol–water partition coefficient (Wildman–Crippen LogP) is 5.79. The summed E-state index contributed by atoms with van der Waals surface area (Å²) in [5, 5.41) is 8.82. The molecule has 2 atom stereocenters. The van der Waals surface area contributed by atoms with E-state index in [-0.39, 0.29) is 29.7 Å². The molecule has 2 N–H and O–H groups in total. The molecule has 2 aromatic heterocycles. The summed E-state index contributed by atoms with van der Waals surface area (Å²) in [6, 6.07) is 7.59. The molecule has 7 nitrogen and oxygen atoms in total. The first kappa shape index (κ1) is 30.3. The van der Waals surface area contributed by atoms with Crippen molar-refractivity contribution in [1.82, 2.24) is 25.4 Å². The Bertz CT molecular complexity index is 1580. The van der Waals surface area contributed by atoms with Crippen LogP contribution in [0.1, 0.15) is 52.6 Å². The number of benzene rings is 2. The summed E-state index contributed by atoms with van der Waals surface area (Å²) in [4.78, 5) is 30.1. The normalized spacial score (nSPS) is 13.0. The molecule has 0 radical (unpaired) electrons. The maximum Gasteiger partial charge on any atom is 0.419 e. The molecule has 0 fully saturated rings. The highest BCUT2D eigenvalue weighted by molar-refractivity contribution is 5.95. The minimum Gasteiger partial charge on any atom is -0.355 e. The van der Waals surface area contributed by atoms with Crippen LogP contribution in [0.2, 0.25) is 0 Å². The number of hydrogen-bond acceptors (Lipinski definition) is 4. The topological polar surface area (TPSA) is 88.9 Å². The van der Waals surface area contributed by atoms with Crippen molar-refractivity contribution in [3.8, 4) is 11.1 Å². The predicted molar refractivity (Wildman–Crippen MR) is 141 cm³/mol. The fourth-order valence-corrected chi connectivity index (χ4v) is 4.54. The summed E-state index contributed by atoms with van der Waals surface area (Å²) < 4.78 is 82.9. The van der Waals surface area contributed by atoms with Gasteiger partial charge < -0.3 is 10.6 Å². The fourth-order valence-electron chi connectivity index (χ4n) is 4.54. The third kappa shape index (κ3) is 6.78. The zero-order chi connectivity index (χ0) is 30.6. The van der Waals surface area contributed by atoms with Crippen molar-refractivity contribution >= 4 is 11.8 Å². The lowest BCUT2D eigenvalue weighted by Gasteiger charge is -2.24. The van der Waals surface area contributed by atoms with E-state index in [0.29, 0.717) is 23.4 Å². The molecule has 0 aliphatic heterocycles. The zero-order valence-electron chi connectivity index (χ0n) is 22.3. The van der Waals surface area contributed by atoms with Crippen LogP contribution in [0.4, 0.5) is 26.3 Å². The lowest BCUT2D eigenvalue weighted by Crippen LogP contribution is -2.37. The Balaban J connectivity index is 1.77. The van der Waals surface area contributed by atoms with E-state index in [2.05, 4.69) is 20.7 Å². The molecule has 13 heteroatoms. The molecule has 4 aromatic rings. The number of halogens is 6. The van der Waals surface area contributed by atoms with Crippen molar-refractivity contribution in [3.05, 3.63) is 107 Å². The first-order chi connectivity index (χ1) is 19.9. The van der Waals surface area contributed by atoms with Crippen LogP contribution < -0.4 is 10.6 Å². The molecule has 0 saturated heterocycles. The smallest absolute Gasteiger partial charge is 0.355 e. The van der Waals surface area contributed by atoms with Gasteiger partial charge in [0.05, 0.1) is 29.1 Å². The van der Waals surface area contributed by atoms with E-state index in [1.807, 2.05) is 0 Å².